The quantitative estimate of drug-likeness (QED) is 0.477. The first kappa shape index (κ1) is 23.3. The Balaban J connectivity index is 1.48. The minimum Gasteiger partial charge on any atom is -0.348 e. The van der Waals surface area contributed by atoms with E-state index in [0.717, 1.165) is 11.1 Å². The molecule has 3 aromatic rings. The molecule has 4 nitrogen and oxygen atoms in total. The molecule has 3 rings (SSSR count). The molecule has 0 atom stereocenters. The number of carbonyl (C=O) groups excluding carboxylic acids is 2. The third-order valence-electron chi connectivity index (χ3n) is 5.61. The van der Waals surface area contributed by atoms with Gasteiger partial charge in [0.1, 0.15) is 0 Å². The van der Waals surface area contributed by atoms with Crippen LogP contribution in [-0.4, -0.2) is 11.8 Å². The fourth-order valence-electron chi connectivity index (χ4n) is 3.38. The number of carbonyl (C=O) groups is 2. The number of amides is 2. The maximum atomic E-state index is 12.4. The molecule has 0 radical (unpaired) electrons. The fraction of sp³-hybridized carbons (Fsp3) is 0.286. The summed E-state index contributed by atoms with van der Waals surface area (Å²) in [5, 5.41) is 5.92. The summed E-state index contributed by atoms with van der Waals surface area (Å²) in [6.07, 6.45) is 0. The molecular weight excluding hydrogens is 396 g/mol. The number of nitrogens with one attached hydrogen (secondary N) is 2. The van der Waals surface area contributed by atoms with Crippen molar-refractivity contribution >= 4 is 11.8 Å². The number of hydrogen-bond acceptors (Lipinski definition) is 2. The van der Waals surface area contributed by atoms with E-state index in [0.29, 0.717) is 36.1 Å². The van der Waals surface area contributed by atoms with Crippen molar-refractivity contribution in [3.05, 3.63) is 106 Å². The zero-order chi connectivity index (χ0) is 23.1. The summed E-state index contributed by atoms with van der Waals surface area (Å²) < 4.78 is 0. The molecule has 0 heterocycles. The molecule has 166 valence electrons. The van der Waals surface area contributed by atoms with Crippen LogP contribution >= 0.6 is 0 Å². The van der Waals surface area contributed by atoms with Crippen LogP contribution in [0.3, 0.4) is 0 Å². The first-order chi connectivity index (χ1) is 15.3. The van der Waals surface area contributed by atoms with Crippen LogP contribution in [0.5, 0.6) is 0 Å². The van der Waals surface area contributed by atoms with Crippen molar-refractivity contribution in [3.63, 3.8) is 0 Å². The number of benzene rings is 3. The largest absolute Gasteiger partial charge is 0.348 e. The second-order valence-electron chi connectivity index (χ2n) is 8.74. The SMILES string of the molecule is CC(C)c1ccc(C(=O)NCc2ccc(CNC(=O)c3ccc(C(C)C)cc3)cc2)cc1. The monoisotopic (exact) mass is 428 g/mol. The summed E-state index contributed by atoms with van der Waals surface area (Å²) >= 11 is 0. The van der Waals surface area contributed by atoms with Crippen molar-refractivity contribution in [2.45, 2.75) is 52.6 Å². The van der Waals surface area contributed by atoms with E-state index in [9.17, 15) is 9.59 Å². The molecule has 0 fully saturated rings. The van der Waals surface area contributed by atoms with Gasteiger partial charge in [-0.15, -0.1) is 0 Å². The fourth-order valence-corrected chi connectivity index (χ4v) is 3.38. The Kier molecular flexibility index (Phi) is 7.82. The van der Waals surface area contributed by atoms with Crippen LogP contribution in [0.15, 0.2) is 72.8 Å². The molecule has 4 heteroatoms. The molecular formula is C28H32N2O2. The molecule has 0 aliphatic rings. The average molecular weight is 429 g/mol. The van der Waals surface area contributed by atoms with Gasteiger partial charge in [0.2, 0.25) is 0 Å². The van der Waals surface area contributed by atoms with Gasteiger partial charge in [0.15, 0.2) is 0 Å². The van der Waals surface area contributed by atoms with Gasteiger partial charge in [-0.2, -0.15) is 0 Å². The van der Waals surface area contributed by atoms with E-state index in [1.807, 2.05) is 72.8 Å². The first-order valence-electron chi connectivity index (χ1n) is 11.2. The minimum atomic E-state index is -0.0832. The van der Waals surface area contributed by atoms with Gasteiger partial charge in [-0.1, -0.05) is 76.2 Å². The van der Waals surface area contributed by atoms with Crippen molar-refractivity contribution < 1.29 is 9.59 Å². The van der Waals surface area contributed by atoms with E-state index in [2.05, 4.69) is 38.3 Å². The van der Waals surface area contributed by atoms with E-state index >= 15 is 0 Å². The maximum absolute atomic E-state index is 12.4. The first-order valence-corrected chi connectivity index (χ1v) is 11.2. The van der Waals surface area contributed by atoms with Crippen molar-refractivity contribution in [2.24, 2.45) is 0 Å². The van der Waals surface area contributed by atoms with Crippen LogP contribution in [0.25, 0.3) is 0 Å². The van der Waals surface area contributed by atoms with Crippen molar-refractivity contribution in [1.82, 2.24) is 10.6 Å². The van der Waals surface area contributed by atoms with Crippen molar-refractivity contribution in [1.29, 1.82) is 0 Å². The van der Waals surface area contributed by atoms with E-state index in [1.54, 1.807) is 0 Å². The van der Waals surface area contributed by atoms with Gasteiger partial charge in [0, 0.05) is 24.2 Å². The Hall–Kier alpha value is -3.40. The van der Waals surface area contributed by atoms with Crippen molar-refractivity contribution in [2.75, 3.05) is 0 Å². The van der Waals surface area contributed by atoms with Gasteiger partial charge < -0.3 is 10.6 Å². The maximum Gasteiger partial charge on any atom is 0.251 e. The zero-order valence-corrected chi connectivity index (χ0v) is 19.3. The van der Waals surface area contributed by atoms with E-state index < -0.39 is 0 Å². The van der Waals surface area contributed by atoms with Crippen LogP contribution in [0.2, 0.25) is 0 Å². The van der Waals surface area contributed by atoms with Gasteiger partial charge in [-0.05, 0) is 58.4 Å². The highest BCUT2D eigenvalue weighted by molar-refractivity contribution is 5.94. The number of rotatable bonds is 8. The van der Waals surface area contributed by atoms with E-state index in [4.69, 9.17) is 0 Å². The normalized spacial score (nSPS) is 10.9. The van der Waals surface area contributed by atoms with Gasteiger partial charge in [-0.25, -0.2) is 0 Å². The Morgan fingerprint density at radius 3 is 1.16 bits per heavy atom. The molecule has 0 aromatic heterocycles. The molecule has 2 N–H and O–H groups in total. The molecule has 3 aromatic carbocycles. The smallest absolute Gasteiger partial charge is 0.251 e. The summed E-state index contributed by atoms with van der Waals surface area (Å²) in [4.78, 5) is 24.8. The standard InChI is InChI=1S/C28H32N2O2/c1-19(2)23-9-13-25(14-10-23)27(31)29-17-21-5-7-22(8-6-21)18-30-28(32)26-15-11-24(12-16-26)20(3)4/h5-16,19-20H,17-18H2,1-4H3,(H,29,31)(H,30,32). The highest BCUT2D eigenvalue weighted by Gasteiger charge is 2.08. The van der Waals surface area contributed by atoms with Crippen LogP contribution in [0.4, 0.5) is 0 Å². The van der Waals surface area contributed by atoms with Gasteiger partial charge in [-0.3, -0.25) is 9.59 Å². The minimum absolute atomic E-state index is 0.0832. The molecule has 0 saturated heterocycles. The van der Waals surface area contributed by atoms with Gasteiger partial charge in [0.05, 0.1) is 0 Å². The lowest BCUT2D eigenvalue weighted by atomic mass is 10.0. The van der Waals surface area contributed by atoms with Crippen molar-refractivity contribution in [3.8, 4) is 0 Å². The molecule has 0 aliphatic carbocycles. The molecule has 2 amide bonds. The van der Waals surface area contributed by atoms with Crippen LogP contribution in [-0.2, 0) is 13.1 Å². The second-order valence-corrected chi connectivity index (χ2v) is 8.74. The van der Waals surface area contributed by atoms with E-state index in [1.165, 1.54) is 11.1 Å². The summed E-state index contributed by atoms with van der Waals surface area (Å²) in [6.45, 7) is 9.45. The summed E-state index contributed by atoms with van der Waals surface area (Å²) in [7, 11) is 0. The number of hydrogen-bond donors (Lipinski definition) is 2. The summed E-state index contributed by atoms with van der Waals surface area (Å²) in [6, 6.07) is 23.4. The lowest BCUT2D eigenvalue weighted by Gasteiger charge is -2.10. The van der Waals surface area contributed by atoms with Crippen LogP contribution in [0.1, 0.15) is 82.5 Å². The lowest BCUT2D eigenvalue weighted by molar-refractivity contribution is 0.0942. The second kappa shape index (κ2) is 10.8. The third kappa shape index (κ3) is 6.30. The van der Waals surface area contributed by atoms with Gasteiger partial charge >= 0.3 is 0 Å². The Labute approximate surface area is 191 Å². The Bertz CT molecular complexity index is 948. The summed E-state index contributed by atoms with van der Waals surface area (Å²) in [5.41, 5.74) is 5.78. The Morgan fingerprint density at radius 2 is 0.875 bits per heavy atom. The van der Waals surface area contributed by atoms with Crippen LogP contribution in [0, 0.1) is 0 Å². The molecule has 0 aliphatic heterocycles. The topological polar surface area (TPSA) is 58.2 Å². The lowest BCUT2D eigenvalue weighted by Crippen LogP contribution is -2.23. The Morgan fingerprint density at radius 1 is 0.562 bits per heavy atom. The summed E-state index contributed by atoms with van der Waals surface area (Å²) in [5.74, 6) is 0.724. The highest BCUT2D eigenvalue weighted by atomic mass is 16.2. The average Bonchev–Trinajstić information content (AvgIpc) is 2.81. The molecule has 32 heavy (non-hydrogen) atoms. The van der Waals surface area contributed by atoms with Crippen LogP contribution < -0.4 is 10.6 Å². The molecule has 0 unspecified atom stereocenters. The highest BCUT2D eigenvalue weighted by Crippen LogP contribution is 2.16. The molecule has 0 bridgehead atoms. The predicted molar refractivity (Wildman–Crippen MR) is 130 cm³/mol. The third-order valence-corrected chi connectivity index (χ3v) is 5.61. The molecule has 0 saturated carbocycles. The molecule has 0 spiro atoms. The zero-order valence-electron chi connectivity index (χ0n) is 19.3. The van der Waals surface area contributed by atoms with E-state index in [-0.39, 0.29) is 11.8 Å². The predicted octanol–water partition coefficient (Wildman–Crippen LogP) is 5.79. The van der Waals surface area contributed by atoms with Gasteiger partial charge in [0.25, 0.3) is 11.8 Å².